The average Bonchev–Trinajstić information content (AvgIpc) is 3.27. The molecule has 4 heterocycles. The second-order valence-electron chi connectivity index (χ2n) is 8.79. The van der Waals surface area contributed by atoms with Crippen LogP contribution in [0.2, 0.25) is 0 Å². The topological polar surface area (TPSA) is 146 Å². The molecule has 4 rings (SSSR count). The summed E-state index contributed by atoms with van der Waals surface area (Å²) in [6.07, 6.45) is -9.32. The molecule has 4 saturated heterocycles. The summed E-state index contributed by atoms with van der Waals surface area (Å²) in [4.78, 5) is 0. The van der Waals surface area contributed by atoms with Crippen molar-refractivity contribution in [3.05, 3.63) is 0 Å². The molecule has 0 radical (unpaired) electrons. The average molecular weight is 422 g/mol. The highest BCUT2D eigenvalue weighted by molar-refractivity contribution is 4.97. The highest BCUT2D eigenvalue weighted by Crippen LogP contribution is 2.39. The molecule has 0 unspecified atom stereocenters. The Morgan fingerprint density at radius 1 is 0.724 bits per heavy atom. The Morgan fingerprint density at radius 3 is 1.45 bits per heavy atom. The van der Waals surface area contributed by atoms with Gasteiger partial charge in [-0.05, 0) is 27.7 Å². The van der Waals surface area contributed by atoms with Gasteiger partial charge in [-0.25, -0.2) is 0 Å². The van der Waals surface area contributed by atoms with Crippen LogP contribution in [0, 0.1) is 0 Å². The van der Waals surface area contributed by atoms with Gasteiger partial charge >= 0.3 is 0 Å². The summed E-state index contributed by atoms with van der Waals surface area (Å²) in [7, 11) is 0. The summed E-state index contributed by atoms with van der Waals surface area (Å²) in [5.41, 5.74) is 0. The molecule has 4 aliphatic heterocycles. The zero-order valence-corrected chi connectivity index (χ0v) is 16.8. The minimum Gasteiger partial charge on any atom is -0.388 e. The van der Waals surface area contributed by atoms with E-state index in [-0.39, 0.29) is 13.2 Å². The van der Waals surface area contributed by atoms with Crippen LogP contribution >= 0.6 is 0 Å². The van der Waals surface area contributed by atoms with Crippen molar-refractivity contribution in [1.82, 2.24) is 0 Å². The fourth-order valence-corrected chi connectivity index (χ4v) is 4.17. The van der Waals surface area contributed by atoms with E-state index in [1.165, 1.54) is 0 Å². The molecule has 0 aromatic carbocycles. The molecule has 10 atom stereocenters. The van der Waals surface area contributed by atoms with E-state index in [1.807, 2.05) is 0 Å². The van der Waals surface area contributed by atoms with Crippen LogP contribution in [0.5, 0.6) is 0 Å². The van der Waals surface area contributed by atoms with Gasteiger partial charge in [0.1, 0.15) is 48.8 Å². The van der Waals surface area contributed by atoms with Crippen molar-refractivity contribution in [3.63, 3.8) is 0 Å². The first-order valence-corrected chi connectivity index (χ1v) is 9.80. The zero-order valence-electron chi connectivity index (χ0n) is 16.8. The SMILES string of the molecule is CC1(C)O[C@H]2O[C@H]([C@H](O)COC[C@@H](O)[C@H]3O[C@@H]4OC(C)(C)O[C@@H]4[C@@H]3O)[C@@H](O)[C@H]2O1. The Balaban J connectivity index is 1.22. The van der Waals surface area contributed by atoms with E-state index in [1.54, 1.807) is 27.7 Å². The third-order valence-corrected chi connectivity index (χ3v) is 5.44. The predicted molar refractivity (Wildman–Crippen MR) is 92.2 cm³/mol. The van der Waals surface area contributed by atoms with Gasteiger partial charge in [-0.2, -0.15) is 0 Å². The molecular weight excluding hydrogens is 392 g/mol. The van der Waals surface area contributed by atoms with Crippen molar-refractivity contribution in [2.45, 2.75) is 101 Å². The molecule has 168 valence electrons. The lowest BCUT2D eigenvalue weighted by Crippen LogP contribution is -2.45. The third kappa shape index (κ3) is 4.19. The van der Waals surface area contributed by atoms with Gasteiger partial charge in [-0.1, -0.05) is 0 Å². The van der Waals surface area contributed by atoms with Crippen LogP contribution in [0.4, 0.5) is 0 Å². The first-order chi connectivity index (χ1) is 13.5. The quantitative estimate of drug-likeness (QED) is 0.385. The molecule has 4 N–H and O–H groups in total. The number of aliphatic hydroxyl groups excluding tert-OH is 4. The van der Waals surface area contributed by atoms with Crippen LogP contribution in [0.25, 0.3) is 0 Å². The summed E-state index contributed by atoms with van der Waals surface area (Å²) in [5.74, 6) is -1.73. The first-order valence-electron chi connectivity index (χ1n) is 9.80. The van der Waals surface area contributed by atoms with Crippen LogP contribution in [-0.4, -0.2) is 107 Å². The van der Waals surface area contributed by atoms with E-state index in [4.69, 9.17) is 33.2 Å². The van der Waals surface area contributed by atoms with E-state index in [9.17, 15) is 20.4 Å². The molecule has 29 heavy (non-hydrogen) atoms. The predicted octanol–water partition coefficient (Wildman–Crippen LogP) is -1.80. The molecule has 0 bridgehead atoms. The summed E-state index contributed by atoms with van der Waals surface area (Å²) in [5, 5.41) is 41.3. The van der Waals surface area contributed by atoms with Crippen molar-refractivity contribution in [2.75, 3.05) is 13.2 Å². The van der Waals surface area contributed by atoms with Crippen LogP contribution in [0.1, 0.15) is 27.7 Å². The van der Waals surface area contributed by atoms with Gasteiger partial charge in [0.25, 0.3) is 0 Å². The van der Waals surface area contributed by atoms with E-state index in [0.29, 0.717) is 0 Å². The standard InChI is InChI=1S/C18H30O11/c1-17(2)26-13-9(21)11(24-15(13)28-17)7(19)5-23-6-8(20)12-10(22)14-16(25-12)29-18(3,4)27-14/h7-16,19-22H,5-6H2,1-4H3/t7-,8-,9-,10-,11-,12-,13-,14-,15-,16-/m1/s1. The summed E-state index contributed by atoms with van der Waals surface area (Å²) < 4.78 is 38.7. The minimum atomic E-state index is -1.17. The Kier molecular flexibility index (Phi) is 5.71. The monoisotopic (exact) mass is 422 g/mol. The van der Waals surface area contributed by atoms with Crippen LogP contribution in [0.3, 0.4) is 0 Å². The first kappa shape index (κ1) is 21.8. The number of hydrogen-bond acceptors (Lipinski definition) is 11. The molecule has 11 heteroatoms. The van der Waals surface area contributed by atoms with Gasteiger partial charge in [0.15, 0.2) is 24.2 Å². The van der Waals surface area contributed by atoms with Crippen LogP contribution in [-0.2, 0) is 33.2 Å². The lowest BCUT2D eigenvalue weighted by Gasteiger charge is -2.27. The largest absolute Gasteiger partial charge is 0.388 e. The van der Waals surface area contributed by atoms with E-state index in [0.717, 1.165) is 0 Å². The van der Waals surface area contributed by atoms with E-state index < -0.39 is 73.0 Å². The second kappa shape index (κ2) is 7.61. The van der Waals surface area contributed by atoms with Crippen molar-refractivity contribution in [2.24, 2.45) is 0 Å². The van der Waals surface area contributed by atoms with Crippen molar-refractivity contribution in [1.29, 1.82) is 0 Å². The molecule has 0 saturated carbocycles. The number of fused-ring (bicyclic) bond motifs is 2. The van der Waals surface area contributed by atoms with Crippen LogP contribution < -0.4 is 0 Å². The minimum absolute atomic E-state index is 0.211. The molecular formula is C18H30O11. The van der Waals surface area contributed by atoms with Crippen molar-refractivity contribution < 1.29 is 53.6 Å². The molecule has 11 nitrogen and oxygen atoms in total. The zero-order chi connectivity index (χ0) is 21.1. The molecule has 0 amide bonds. The van der Waals surface area contributed by atoms with Gasteiger partial charge in [-0.3, -0.25) is 0 Å². The summed E-state index contributed by atoms with van der Waals surface area (Å²) >= 11 is 0. The Labute approximate surface area is 168 Å². The van der Waals surface area contributed by atoms with E-state index >= 15 is 0 Å². The molecule has 4 aliphatic rings. The lowest BCUT2D eigenvalue weighted by molar-refractivity contribution is -0.233. The number of rotatable bonds is 6. The third-order valence-electron chi connectivity index (χ3n) is 5.44. The Morgan fingerprint density at radius 2 is 1.10 bits per heavy atom. The Hall–Kier alpha value is -0.440. The van der Waals surface area contributed by atoms with Crippen LogP contribution in [0.15, 0.2) is 0 Å². The molecule has 4 fully saturated rings. The molecule has 0 aromatic rings. The van der Waals surface area contributed by atoms with Crippen molar-refractivity contribution in [3.8, 4) is 0 Å². The maximum Gasteiger partial charge on any atom is 0.190 e. The summed E-state index contributed by atoms with van der Waals surface area (Å²) in [6, 6.07) is 0. The smallest absolute Gasteiger partial charge is 0.190 e. The highest BCUT2D eigenvalue weighted by Gasteiger charge is 2.57. The number of aliphatic hydroxyl groups is 4. The van der Waals surface area contributed by atoms with Gasteiger partial charge < -0.3 is 53.6 Å². The number of ether oxygens (including phenoxy) is 7. The van der Waals surface area contributed by atoms with Gasteiger partial charge in [0.05, 0.1) is 13.2 Å². The molecule has 0 spiro atoms. The Bertz CT molecular complexity index is 548. The molecule has 0 aliphatic carbocycles. The molecule has 0 aromatic heterocycles. The normalized spacial score (nSPS) is 47.2. The van der Waals surface area contributed by atoms with E-state index in [2.05, 4.69) is 0 Å². The maximum atomic E-state index is 10.3. The van der Waals surface area contributed by atoms with Gasteiger partial charge in [-0.15, -0.1) is 0 Å². The number of hydrogen-bond donors (Lipinski definition) is 4. The van der Waals surface area contributed by atoms with Crippen molar-refractivity contribution >= 4 is 0 Å². The second-order valence-corrected chi connectivity index (χ2v) is 8.79. The fourth-order valence-electron chi connectivity index (χ4n) is 4.17. The van der Waals surface area contributed by atoms with Gasteiger partial charge in [0.2, 0.25) is 0 Å². The summed E-state index contributed by atoms with van der Waals surface area (Å²) in [6.45, 7) is 6.42. The highest BCUT2D eigenvalue weighted by atomic mass is 16.8. The fraction of sp³-hybridized carbons (Fsp3) is 1.00. The maximum absolute atomic E-state index is 10.3. The van der Waals surface area contributed by atoms with Gasteiger partial charge in [0, 0.05) is 0 Å². The lowest BCUT2D eigenvalue weighted by atomic mass is 10.1.